The number of hydrogen-bond donors (Lipinski definition) is 2. The molecule has 0 aliphatic rings. The van der Waals surface area contributed by atoms with Crippen molar-refractivity contribution in [1.29, 1.82) is 0 Å². The lowest BCUT2D eigenvalue weighted by Crippen LogP contribution is -2.27. The Morgan fingerprint density at radius 1 is 1.17 bits per heavy atom. The summed E-state index contributed by atoms with van der Waals surface area (Å²) in [4.78, 5) is 34.7. The average molecular weight is 331 g/mol. The summed E-state index contributed by atoms with van der Waals surface area (Å²) in [5.41, 5.74) is 0.286. The number of carbonyl (C=O) groups excluding carboxylic acids is 2. The molecular formula is C17H21N3O4. The maximum absolute atomic E-state index is 12.0. The molecule has 7 nitrogen and oxygen atoms in total. The van der Waals surface area contributed by atoms with Gasteiger partial charge in [-0.25, -0.2) is 5.10 Å². The van der Waals surface area contributed by atoms with E-state index in [4.69, 9.17) is 0 Å². The Morgan fingerprint density at radius 2 is 1.92 bits per heavy atom. The van der Waals surface area contributed by atoms with Crippen LogP contribution in [0.4, 0.5) is 0 Å². The van der Waals surface area contributed by atoms with Gasteiger partial charge in [0.2, 0.25) is 5.91 Å². The van der Waals surface area contributed by atoms with E-state index in [1.54, 1.807) is 18.2 Å². The number of methoxy groups -OCH3 is 1. The number of nitrogens with zero attached hydrogens (tertiary/aromatic N) is 1. The smallest absolute Gasteiger partial charge is 0.305 e. The molecule has 0 aliphatic carbocycles. The predicted molar refractivity (Wildman–Crippen MR) is 89.6 cm³/mol. The number of carbonyl (C=O) groups is 2. The predicted octanol–water partition coefficient (Wildman–Crippen LogP) is 1.32. The number of nitrogens with one attached hydrogen (secondary N) is 2. The van der Waals surface area contributed by atoms with Gasteiger partial charge in [-0.15, -0.1) is 0 Å². The van der Waals surface area contributed by atoms with Gasteiger partial charge in [0.25, 0.3) is 5.56 Å². The van der Waals surface area contributed by atoms with Crippen molar-refractivity contribution in [2.75, 3.05) is 13.7 Å². The largest absolute Gasteiger partial charge is 0.469 e. The van der Waals surface area contributed by atoms with Crippen molar-refractivity contribution in [2.24, 2.45) is 0 Å². The first kappa shape index (κ1) is 17.7. The second-order valence-electron chi connectivity index (χ2n) is 5.46. The molecule has 1 amide bonds. The highest BCUT2D eigenvalue weighted by Gasteiger charge is 2.10. The van der Waals surface area contributed by atoms with Gasteiger partial charge in [0.05, 0.1) is 24.6 Å². The van der Waals surface area contributed by atoms with E-state index in [-0.39, 0.29) is 23.9 Å². The Labute approximate surface area is 139 Å². The molecule has 0 saturated carbocycles. The highest BCUT2D eigenvalue weighted by atomic mass is 16.5. The lowest BCUT2D eigenvalue weighted by atomic mass is 10.1. The van der Waals surface area contributed by atoms with Gasteiger partial charge in [0.15, 0.2) is 0 Å². The Balaban J connectivity index is 1.80. The summed E-state index contributed by atoms with van der Waals surface area (Å²) >= 11 is 0. The summed E-state index contributed by atoms with van der Waals surface area (Å²) < 4.78 is 4.56. The Kier molecular flexibility index (Phi) is 6.48. The van der Waals surface area contributed by atoms with Crippen LogP contribution in [0.25, 0.3) is 10.8 Å². The summed E-state index contributed by atoms with van der Waals surface area (Å²) in [7, 11) is 1.37. The molecule has 0 saturated heterocycles. The first-order valence-corrected chi connectivity index (χ1v) is 7.91. The molecule has 128 valence electrons. The number of ether oxygens (including phenoxy) is 1. The number of rotatable bonds is 8. The van der Waals surface area contributed by atoms with Crippen molar-refractivity contribution in [3.8, 4) is 0 Å². The SMILES string of the molecule is COC(=O)CCCCCNC(=O)Cc1n[nH]c(=O)c2ccccc12. The molecule has 1 aromatic heterocycles. The Bertz CT molecular complexity index is 770. The van der Waals surface area contributed by atoms with Crippen molar-refractivity contribution in [3.05, 3.63) is 40.3 Å². The van der Waals surface area contributed by atoms with E-state index in [1.807, 2.05) is 6.07 Å². The van der Waals surface area contributed by atoms with Crippen LogP contribution in [0.1, 0.15) is 31.4 Å². The molecule has 2 N–H and O–H groups in total. The third-order valence-corrected chi connectivity index (χ3v) is 3.71. The van der Waals surface area contributed by atoms with Gasteiger partial charge in [-0.3, -0.25) is 14.4 Å². The molecule has 0 unspecified atom stereocenters. The molecular weight excluding hydrogens is 310 g/mol. The van der Waals surface area contributed by atoms with E-state index < -0.39 is 0 Å². The van der Waals surface area contributed by atoms with Crippen molar-refractivity contribution < 1.29 is 14.3 Å². The van der Waals surface area contributed by atoms with E-state index in [2.05, 4.69) is 20.3 Å². The summed E-state index contributed by atoms with van der Waals surface area (Å²) in [5.74, 6) is -0.359. The van der Waals surface area contributed by atoms with Crippen LogP contribution < -0.4 is 10.9 Å². The molecule has 0 bridgehead atoms. The Hall–Kier alpha value is -2.70. The van der Waals surface area contributed by atoms with Crippen molar-refractivity contribution in [1.82, 2.24) is 15.5 Å². The van der Waals surface area contributed by atoms with Crippen LogP contribution in [0.3, 0.4) is 0 Å². The summed E-state index contributed by atoms with van der Waals surface area (Å²) in [6.07, 6.45) is 2.89. The zero-order chi connectivity index (χ0) is 17.4. The highest BCUT2D eigenvalue weighted by molar-refractivity contribution is 5.88. The van der Waals surface area contributed by atoms with Crippen LogP contribution in [0.2, 0.25) is 0 Å². The molecule has 0 aliphatic heterocycles. The second kappa shape index (κ2) is 8.81. The minimum absolute atomic E-state index is 0.111. The number of unbranched alkanes of at least 4 members (excludes halogenated alkanes) is 2. The zero-order valence-electron chi connectivity index (χ0n) is 13.6. The molecule has 1 aromatic carbocycles. The topological polar surface area (TPSA) is 101 Å². The number of aromatic nitrogens is 2. The fourth-order valence-corrected chi connectivity index (χ4v) is 2.42. The Morgan fingerprint density at radius 3 is 2.67 bits per heavy atom. The fraction of sp³-hybridized carbons (Fsp3) is 0.412. The number of fused-ring (bicyclic) bond motifs is 1. The van der Waals surface area contributed by atoms with Gasteiger partial charge in [-0.05, 0) is 18.9 Å². The first-order valence-electron chi connectivity index (χ1n) is 7.91. The van der Waals surface area contributed by atoms with Crippen molar-refractivity contribution in [2.45, 2.75) is 32.1 Å². The van der Waals surface area contributed by atoms with Gasteiger partial charge in [-0.1, -0.05) is 24.6 Å². The maximum Gasteiger partial charge on any atom is 0.305 e. The molecule has 2 rings (SSSR count). The third-order valence-electron chi connectivity index (χ3n) is 3.71. The number of H-pyrrole nitrogens is 1. The minimum Gasteiger partial charge on any atom is -0.469 e. The number of amides is 1. The number of esters is 1. The van der Waals surface area contributed by atoms with Gasteiger partial charge < -0.3 is 10.1 Å². The normalized spacial score (nSPS) is 10.5. The standard InChI is InChI=1S/C17H21N3O4/c1-24-16(22)9-3-2-6-10-18-15(21)11-14-12-7-4-5-8-13(12)17(23)20-19-14/h4-5,7-8H,2-3,6,9-11H2,1H3,(H,18,21)(H,20,23). The van der Waals surface area contributed by atoms with E-state index in [9.17, 15) is 14.4 Å². The third kappa shape index (κ3) is 4.91. The first-order chi connectivity index (χ1) is 11.6. The van der Waals surface area contributed by atoms with Gasteiger partial charge >= 0.3 is 5.97 Å². The van der Waals surface area contributed by atoms with Crippen LogP contribution in [-0.2, 0) is 20.7 Å². The monoisotopic (exact) mass is 331 g/mol. The summed E-state index contributed by atoms with van der Waals surface area (Å²) in [5, 5.41) is 10.4. The fourth-order valence-electron chi connectivity index (χ4n) is 2.42. The van der Waals surface area contributed by atoms with E-state index in [1.165, 1.54) is 7.11 Å². The quantitative estimate of drug-likeness (QED) is 0.561. The molecule has 2 aromatic rings. The molecule has 0 fully saturated rings. The average Bonchev–Trinajstić information content (AvgIpc) is 2.60. The summed E-state index contributed by atoms with van der Waals surface area (Å²) in [6.45, 7) is 0.543. The van der Waals surface area contributed by atoms with Crippen LogP contribution >= 0.6 is 0 Å². The van der Waals surface area contributed by atoms with Crippen LogP contribution in [0.5, 0.6) is 0 Å². The van der Waals surface area contributed by atoms with E-state index >= 15 is 0 Å². The molecule has 7 heteroatoms. The van der Waals surface area contributed by atoms with Gasteiger partial charge in [-0.2, -0.15) is 5.10 Å². The summed E-state index contributed by atoms with van der Waals surface area (Å²) in [6, 6.07) is 7.08. The molecule has 0 radical (unpaired) electrons. The molecule has 24 heavy (non-hydrogen) atoms. The lowest BCUT2D eigenvalue weighted by molar-refractivity contribution is -0.140. The van der Waals surface area contributed by atoms with Crippen LogP contribution in [0, 0.1) is 0 Å². The number of aromatic amines is 1. The number of hydrogen-bond acceptors (Lipinski definition) is 5. The maximum atomic E-state index is 12.0. The van der Waals surface area contributed by atoms with Crippen molar-refractivity contribution in [3.63, 3.8) is 0 Å². The molecule has 0 atom stereocenters. The van der Waals surface area contributed by atoms with E-state index in [0.29, 0.717) is 29.4 Å². The second-order valence-corrected chi connectivity index (χ2v) is 5.46. The van der Waals surface area contributed by atoms with Gasteiger partial charge in [0.1, 0.15) is 0 Å². The zero-order valence-corrected chi connectivity index (χ0v) is 13.6. The highest BCUT2D eigenvalue weighted by Crippen LogP contribution is 2.12. The molecule has 1 heterocycles. The minimum atomic E-state index is -0.264. The van der Waals surface area contributed by atoms with Crippen LogP contribution in [-0.4, -0.2) is 35.7 Å². The van der Waals surface area contributed by atoms with Gasteiger partial charge in [0, 0.05) is 18.4 Å². The molecule has 0 spiro atoms. The lowest BCUT2D eigenvalue weighted by Gasteiger charge is -2.06. The number of benzene rings is 1. The van der Waals surface area contributed by atoms with Crippen molar-refractivity contribution >= 4 is 22.6 Å². The van der Waals surface area contributed by atoms with Crippen LogP contribution in [0.15, 0.2) is 29.1 Å². The van der Waals surface area contributed by atoms with E-state index in [0.717, 1.165) is 19.3 Å².